The summed E-state index contributed by atoms with van der Waals surface area (Å²) in [6.07, 6.45) is 11.3. The van der Waals surface area contributed by atoms with Crippen molar-refractivity contribution in [2.45, 2.75) is 6.92 Å². The molecule has 0 spiro atoms. The Morgan fingerprint density at radius 1 is 1.22 bits per heavy atom. The molecule has 0 bridgehead atoms. The third-order valence-electron chi connectivity index (χ3n) is 5.09. The van der Waals surface area contributed by atoms with Gasteiger partial charge in [0.15, 0.2) is 0 Å². The van der Waals surface area contributed by atoms with Crippen molar-refractivity contribution in [1.29, 1.82) is 0 Å². The number of nitrogens with one attached hydrogen (secondary N) is 3. The predicted octanol–water partition coefficient (Wildman–Crippen LogP) is 4.64. The molecule has 162 valence electrons. The van der Waals surface area contributed by atoms with E-state index in [2.05, 4.69) is 60.7 Å². The third kappa shape index (κ3) is 4.38. The lowest BCUT2D eigenvalue weighted by atomic mass is 10.1. The summed E-state index contributed by atoms with van der Waals surface area (Å²) in [5, 5.41) is 13.0. The Morgan fingerprint density at radius 2 is 2.06 bits per heavy atom. The molecule has 0 fully saturated rings. The summed E-state index contributed by atoms with van der Waals surface area (Å²) < 4.78 is 0. The highest BCUT2D eigenvalue weighted by molar-refractivity contribution is 5.96. The maximum absolute atomic E-state index is 4.65. The third-order valence-corrected chi connectivity index (χ3v) is 5.09. The van der Waals surface area contributed by atoms with Crippen LogP contribution in [0.1, 0.15) is 12.6 Å². The monoisotopic (exact) mass is 425 g/mol. The van der Waals surface area contributed by atoms with E-state index in [1.54, 1.807) is 12.3 Å². The molecule has 32 heavy (non-hydrogen) atoms. The van der Waals surface area contributed by atoms with E-state index in [1.165, 1.54) is 0 Å². The number of aromatic nitrogens is 5. The van der Waals surface area contributed by atoms with E-state index in [9.17, 15) is 0 Å². The van der Waals surface area contributed by atoms with E-state index in [-0.39, 0.29) is 0 Å². The number of allylic oxidation sites excluding steroid dienone is 4. The highest BCUT2D eigenvalue weighted by Gasteiger charge is 2.13. The fourth-order valence-corrected chi connectivity index (χ4v) is 3.62. The molecule has 0 aliphatic rings. The van der Waals surface area contributed by atoms with Crippen LogP contribution in [0.2, 0.25) is 0 Å². The van der Waals surface area contributed by atoms with E-state index < -0.39 is 0 Å². The van der Waals surface area contributed by atoms with Gasteiger partial charge in [0.2, 0.25) is 0 Å². The van der Waals surface area contributed by atoms with Crippen LogP contribution in [0.5, 0.6) is 0 Å². The van der Waals surface area contributed by atoms with Crippen LogP contribution >= 0.6 is 0 Å². The molecule has 4 rings (SSSR count). The summed E-state index contributed by atoms with van der Waals surface area (Å²) in [4.78, 5) is 14.3. The normalized spacial score (nSPS) is 12.6. The Balaban J connectivity index is 1.69. The topological polar surface area (TPSA) is 85.5 Å². The number of rotatable bonds is 8. The molecule has 7 nitrogen and oxygen atoms in total. The first-order valence-electron chi connectivity index (χ1n) is 10.4. The second-order valence-corrected chi connectivity index (χ2v) is 7.85. The first kappa shape index (κ1) is 21.3. The summed E-state index contributed by atoms with van der Waals surface area (Å²) in [5.41, 5.74) is 7.21. The van der Waals surface area contributed by atoms with Gasteiger partial charge in [-0.15, -0.1) is 0 Å². The van der Waals surface area contributed by atoms with Gasteiger partial charge >= 0.3 is 0 Å². The molecule has 4 aromatic heterocycles. The highest BCUT2D eigenvalue weighted by atomic mass is 15.1. The number of likely N-dealkylation sites (N-methyl/N-ethyl adjacent to an activating group) is 1. The van der Waals surface area contributed by atoms with Gasteiger partial charge < -0.3 is 15.2 Å². The Bertz CT molecular complexity index is 1320. The number of nitrogens with zero attached hydrogens (tertiary/aromatic N) is 4. The molecule has 4 heterocycles. The van der Waals surface area contributed by atoms with E-state index in [1.807, 2.05) is 51.6 Å². The summed E-state index contributed by atoms with van der Waals surface area (Å²) in [6.45, 7) is 10.8. The van der Waals surface area contributed by atoms with Gasteiger partial charge in [-0.1, -0.05) is 19.2 Å². The van der Waals surface area contributed by atoms with Crippen LogP contribution in [0.4, 0.5) is 0 Å². The predicted molar refractivity (Wildman–Crippen MR) is 132 cm³/mol. The lowest BCUT2D eigenvalue weighted by molar-refractivity contribution is 0.438. The first-order valence-corrected chi connectivity index (χ1v) is 10.4. The Hall–Kier alpha value is -3.97. The van der Waals surface area contributed by atoms with Gasteiger partial charge in [0.25, 0.3) is 0 Å². The molecular weight excluding hydrogens is 398 g/mol. The first-order chi connectivity index (χ1) is 15.5. The van der Waals surface area contributed by atoms with Crippen molar-refractivity contribution >= 4 is 27.4 Å². The van der Waals surface area contributed by atoms with Crippen molar-refractivity contribution in [3.8, 4) is 11.4 Å². The standard InChI is InChI=1S/C25H27N7/c1-6-17(10-19(7-2)28-16(3)15-32(4)5)21-12-20-24(14-27-21)30-31-25(20)22-11-18-8-9-26-13-23(18)29-22/h6-14,28-29H,2-3,15H2,1,4-5H3,(H,30,31)/b17-6+,19-10+. The van der Waals surface area contributed by atoms with Gasteiger partial charge in [0, 0.05) is 34.9 Å². The Morgan fingerprint density at radius 3 is 2.78 bits per heavy atom. The maximum atomic E-state index is 4.65. The minimum Gasteiger partial charge on any atom is -0.358 e. The molecule has 3 N–H and O–H groups in total. The second kappa shape index (κ2) is 9.03. The Kier molecular flexibility index (Phi) is 6.00. The summed E-state index contributed by atoms with van der Waals surface area (Å²) >= 11 is 0. The van der Waals surface area contributed by atoms with Crippen LogP contribution < -0.4 is 5.32 Å². The molecule has 0 unspecified atom stereocenters. The number of aromatic amines is 2. The number of pyridine rings is 2. The molecule has 0 amide bonds. The molecule has 0 radical (unpaired) electrons. The SMILES string of the molecule is C=C/C(=C\C(=C/C)c1cc2c(-c3cc4ccncc4[nH]3)n[nH]c2cn1)NC(=C)CN(C)C. The van der Waals surface area contributed by atoms with Crippen molar-refractivity contribution < 1.29 is 0 Å². The van der Waals surface area contributed by atoms with Crippen LogP contribution in [0, 0.1) is 0 Å². The molecule has 4 aromatic rings. The minimum absolute atomic E-state index is 0.735. The van der Waals surface area contributed by atoms with Gasteiger partial charge in [-0.05, 0) is 56.9 Å². The number of fused-ring (bicyclic) bond motifs is 2. The fourth-order valence-electron chi connectivity index (χ4n) is 3.62. The van der Waals surface area contributed by atoms with E-state index >= 15 is 0 Å². The summed E-state index contributed by atoms with van der Waals surface area (Å²) in [6, 6.07) is 6.12. The van der Waals surface area contributed by atoms with Crippen LogP contribution in [0.3, 0.4) is 0 Å². The van der Waals surface area contributed by atoms with Crippen molar-refractivity contribution in [3.63, 3.8) is 0 Å². The second-order valence-electron chi connectivity index (χ2n) is 7.85. The van der Waals surface area contributed by atoms with Gasteiger partial charge in [-0.25, -0.2) is 0 Å². The van der Waals surface area contributed by atoms with Crippen molar-refractivity contribution in [2.75, 3.05) is 20.6 Å². The minimum atomic E-state index is 0.735. The van der Waals surface area contributed by atoms with Crippen LogP contribution in [-0.4, -0.2) is 50.7 Å². The van der Waals surface area contributed by atoms with Crippen molar-refractivity contribution in [3.05, 3.63) is 85.3 Å². The lowest BCUT2D eigenvalue weighted by Crippen LogP contribution is -2.23. The number of hydrogen-bond acceptors (Lipinski definition) is 5. The number of H-pyrrole nitrogens is 2. The zero-order valence-electron chi connectivity index (χ0n) is 18.6. The molecule has 0 aliphatic carbocycles. The molecule has 0 aromatic carbocycles. The average Bonchev–Trinajstić information content (AvgIpc) is 3.39. The zero-order valence-corrected chi connectivity index (χ0v) is 18.6. The largest absolute Gasteiger partial charge is 0.358 e. The quantitative estimate of drug-likeness (QED) is 0.358. The molecule has 0 saturated carbocycles. The molecule has 0 aliphatic heterocycles. The van der Waals surface area contributed by atoms with Crippen LogP contribution in [0.25, 0.3) is 38.8 Å². The maximum Gasteiger partial charge on any atom is 0.116 e. The lowest BCUT2D eigenvalue weighted by Gasteiger charge is -2.15. The highest BCUT2D eigenvalue weighted by Crippen LogP contribution is 2.30. The van der Waals surface area contributed by atoms with Crippen molar-refractivity contribution in [1.82, 2.24) is 35.4 Å². The number of hydrogen-bond donors (Lipinski definition) is 3. The van der Waals surface area contributed by atoms with Crippen molar-refractivity contribution in [2.24, 2.45) is 0 Å². The van der Waals surface area contributed by atoms with Gasteiger partial charge in [0.1, 0.15) is 5.69 Å². The van der Waals surface area contributed by atoms with E-state index in [4.69, 9.17) is 0 Å². The summed E-state index contributed by atoms with van der Waals surface area (Å²) in [7, 11) is 4.01. The van der Waals surface area contributed by atoms with Crippen LogP contribution in [-0.2, 0) is 0 Å². The molecule has 0 atom stereocenters. The van der Waals surface area contributed by atoms with Gasteiger partial charge in [-0.3, -0.25) is 15.1 Å². The van der Waals surface area contributed by atoms with E-state index in [0.29, 0.717) is 0 Å². The van der Waals surface area contributed by atoms with Crippen LogP contribution in [0.15, 0.2) is 79.6 Å². The van der Waals surface area contributed by atoms with E-state index in [0.717, 1.165) is 62.4 Å². The van der Waals surface area contributed by atoms with Gasteiger partial charge in [-0.2, -0.15) is 5.10 Å². The smallest absolute Gasteiger partial charge is 0.116 e. The molecule has 7 heteroatoms. The zero-order chi connectivity index (χ0) is 22.7. The Labute approximate surface area is 187 Å². The molecule has 0 saturated heterocycles. The average molecular weight is 426 g/mol. The molecular formula is C25H27N7. The van der Waals surface area contributed by atoms with Gasteiger partial charge in [0.05, 0.1) is 34.8 Å². The summed E-state index contributed by atoms with van der Waals surface area (Å²) in [5.74, 6) is 0. The fraction of sp³-hybridized carbons (Fsp3) is 0.160.